The standard InChI is InChI=1S/C22H33NO3/c1-2-3-4-5-6-7-8-9-10-11-12-13-14-15-16-17-18-19-20-21-22(24)23(25)26/h6-7,9-10,12-13,15-16,18-19H,2-5,8,11,14,17,20-21H2,1H3. The van der Waals surface area contributed by atoms with Crippen molar-refractivity contribution in [2.45, 2.75) is 71.1 Å². The summed E-state index contributed by atoms with van der Waals surface area (Å²) in [5.74, 6) is -0.924. The smallest absolute Gasteiger partial charge is 0.256 e. The lowest BCUT2D eigenvalue weighted by Crippen LogP contribution is -2.09. The van der Waals surface area contributed by atoms with Gasteiger partial charge in [-0.1, -0.05) is 80.5 Å². The highest BCUT2D eigenvalue weighted by Crippen LogP contribution is 2.01. The lowest BCUT2D eigenvalue weighted by Gasteiger charge is -1.90. The van der Waals surface area contributed by atoms with Gasteiger partial charge in [-0.3, -0.25) is 10.1 Å². The molecular weight excluding hydrogens is 326 g/mol. The maximum atomic E-state index is 10.8. The van der Waals surface area contributed by atoms with Gasteiger partial charge in [0, 0.05) is 0 Å². The summed E-state index contributed by atoms with van der Waals surface area (Å²) in [5.41, 5.74) is 0. The first-order valence-electron chi connectivity index (χ1n) is 9.60. The fourth-order valence-corrected chi connectivity index (χ4v) is 2.13. The number of nitrogens with zero attached hydrogens (tertiary/aromatic N) is 1. The second-order valence-corrected chi connectivity index (χ2v) is 5.99. The zero-order valence-electron chi connectivity index (χ0n) is 16.0. The van der Waals surface area contributed by atoms with Crippen LogP contribution >= 0.6 is 0 Å². The van der Waals surface area contributed by atoms with E-state index in [0.717, 1.165) is 25.7 Å². The van der Waals surface area contributed by atoms with Gasteiger partial charge in [0.1, 0.15) is 4.92 Å². The summed E-state index contributed by atoms with van der Waals surface area (Å²) in [5, 5.41) is 10.1. The van der Waals surface area contributed by atoms with Crippen molar-refractivity contribution in [1.29, 1.82) is 0 Å². The number of amides is 1. The van der Waals surface area contributed by atoms with E-state index in [1.807, 2.05) is 12.2 Å². The molecule has 4 nitrogen and oxygen atoms in total. The van der Waals surface area contributed by atoms with Gasteiger partial charge in [-0.05, 0) is 44.9 Å². The lowest BCUT2D eigenvalue weighted by molar-refractivity contribution is -0.402. The minimum absolute atomic E-state index is 0.0296. The minimum Gasteiger partial charge on any atom is -0.256 e. The van der Waals surface area contributed by atoms with Gasteiger partial charge in [0.25, 0.3) is 0 Å². The average molecular weight is 360 g/mol. The molecule has 0 aliphatic rings. The number of nitro groups is 1. The summed E-state index contributed by atoms with van der Waals surface area (Å²) in [6.07, 6.45) is 30.2. The zero-order valence-corrected chi connectivity index (χ0v) is 16.0. The van der Waals surface area contributed by atoms with E-state index in [1.165, 1.54) is 25.7 Å². The van der Waals surface area contributed by atoms with Crippen molar-refractivity contribution in [2.75, 3.05) is 0 Å². The molecule has 144 valence electrons. The van der Waals surface area contributed by atoms with E-state index in [9.17, 15) is 14.9 Å². The molecule has 0 rings (SSSR count). The molecule has 0 aromatic carbocycles. The second-order valence-electron chi connectivity index (χ2n) is 5.99. The van der Waals surface area contributed by atoms with Gasteiger partial charge in [0.15, 0.2) is 0 Å². The predicted octanol–water partition coefficient (Wildman–Crippen LogP) is 6.49. The van der Waals surface area contributed by atoms with Gasteiger partial charge in [-0.25, -0.2) is 4.79 Å². The Bertz CT molecular complexity index is 513. The summed E-state index contributed by atoms with van der Waals surface area (Å²) in [7, 11) is 0. The molecule has 0 N–H and O–H groups in total. The van der Waals surface area contributed by atoms with Gasteiger partial charge in [0.2, 0.25) is 0 Å². The van der Waals surface area contributed by atoms with E-state index in [1.54, 1.807) is 0 Å². The fourth-order valence-electron chi connectivity index (χ4n) is 2.13. The molecule has 0 saturated carbocycles. The van der Waals surface area contributed by atoms with Crippen molar-refractivity contribution < 1.29 is 9.72 Å². The summed E-state index contributed by atoms with van der Waals surface area (Å²) in [4.78, 5) is 20.0. The number of hydrogen-bond acceptors (Lipinski definition) is 3. The minimum atomic E-state index is -0.924. The van der Waals surface area contributed by atoms with Crippen LogP contribution in [0.15, 0.2) is 60.8 Å². The van der Waals surface area contributed by atoms with Crippen LogP contribution in [0.25, 0.3) is 0 Å². The summed E-state index contributed by atoms with van der Waals surface area (Å²) < 4.78 is 0. The number of carbonyl (C=O) groups excluding carboxylic acids is 1. The van der Waals surface area contributed by atoms with Gasteiger partial charge >= 0.3 is 5.91 Å². The third kappa shape index (κ3) is 18.1. The third-order valence-electron chi connectivity index (χ3n) is 3.62. The summed E-state index contributed by atoms with van der Waals surface area (Å²) in [6.45, 7) is 2.22. The summed E-state index contributed by atoms with van der Waals surface area (Å²) in [6, 6.07) is 0. The van der Waals surface area contributed by atoms with Crippen LogP contribution in [-0.2, 0) is 4.79 Å². The highest BCUT2D eigenvalue weighted by Gasteiger charge is 2.11. The zero-order chi connectivity index (χ0) is 19.3. The maximum absolute atomic E-state index is 10.8. The third-order valence-corrected chi connectivity index (χ3v) is 3.62. The number of carbonyl (C=O) groups is 1. The van der Waals surface area contributed by atoms with Gasteiger partial charge < -0.3 is 0 Å². The van der Waals surface area contributed by atoms with Crippen molar-refractivity contribution in [1.82, 2.24) is 0 Å². The van der Waals surface area contributed by atoms with Gasteiger partial charge in [-0.15, -0.1) is 0 Å². The Labute approximate surface area is 158 Å². The van der Waals surface area contributed by atoms with E-state index >= 15 is 0 Å². The molecular formula is C22H33NO3. The Balaban J connectivity index is 3.54. The van der Waals surface area contributed by atoms with Crippen LogP contribution in [0.3, 0.4) is 0 Å². The normalized spacial score (nSPS) is 12.5. The Morgan fingerprint density at radius 3 is 1.58 bits per heavy atom. The predicted molar refractivity (Wildman–Crippen MR) is 110 cm³/mol. The fraction of sp³-hybridized carbons (Fsp3) is 0.500. The Morgan fingerprint density at radius 2 is 1.15 bits per heavy atom. The molecule has 0 aliphatic heterocycles. The van der Waals surface area contributed by atoms with Crippen LogP contribution < -0.4 is 0 Å². The first-order chi connectivity index (χ1) is 12.7. The van der Waals surface area contributed by atoms with Crippen molar-refractivity contribution in [2.24, 2.45) is 0 Å². The SMILES string of the molecule is CCCCCC=CCC=CCC=CCC=CCC=CCCC(=O)[N+](=O)[O-]. The number of unbranched alkanes of at least 4 members (excludes halogenated alkanes) is 3. The Morgan fingerprint density at radius 1 is 0.731 bits per heavy atom. The van der Waals surface area contributed by atoms with Crippen LogP contribution in [0, 0.1) is 10.1 Å². The molecule has 1 amide bonds. The maximum Gasteiger partial charge on any atom is 0.444 e. The van der Waals surface area contributed by atoms with E-state index in [2.05, 4.69) is 55.5 Å². The van der Waals surface area contributed by atoms with Crippen molar-refractivity contribution in [3.05, 3.63) is 70.9 Å². The molecule has 0 radical (unpaired) electrons. The molecule has 0 atom stereocenters. The Kier molecular flexibility index (Phi) is 17.5. The first-order valence-corrected chi connectivity index (χ1v) is 9.60. The molecule has 0 spiro atoms. The lowest BCUT2D eigenvalue weighted by atomic mass is 10.2. The van der Waals surface area contributed by atoms with E-state index in [4.69, 9.17) is 0 Å². The molecule has 0 fully saturated rings. The van der Waals surface area contributed by atoms with Crippen molar-refractivity contribution in [3.8, 4) is 0 Å². The van der Waals surface area contributed by atoms with Gasteiger partial charge in [-0.2, -0.15) is 0 Å². The van der Waals surface area contributed by atoms with Crippen molar-refractivity contribution >= 4 is 5.91 Å². The van der Waals surface area contributed by atoms with E-state index < -0.39 is 10.8 Å². The summed E-state index contributed by atoms with van der Waals surface area (Å²) >= 11 is 0. The highest BCUT2D eigenvalue weighted by atomic mass is 16.6. The Hall–Kier alpha value is -2.23. The van der Waals surface area contributed by atoms with Crippen LogP contribution in [0.2, 0.25) is 0 Å². The van der Waals surface area contributed by atoms with Crippen LogP contribution in [0.5, 0.6) is 0 Å². The van der Waals surface area contributed by atoms with Crippen LogP contribution in [-0.4, -0.2) is 10.8 Å². The molecule has 0 aromatic heterocycles. The topological polar surface area (TPSA) is 60.2 Å². The molecule has 0 bridgehead atoms. The average Bonchev–Trinajstić information content (AvgIpc) is 2.63. The first kappa shape index (κ1) is 23.8. The molecule has 0 aromatic rings. The molecule has 0 aliphatic carbocycles. The van der Waals surface area contributed by atoms with E-state index in [0.29, 0.717) is 6.42 Å². The molecule has 0 saturated heterocycles. The monoisotopic (exact) mass is 359 g/mol. The molecule has 26 heavy (non-hydrogen) atoms. The number of rotatable bonds is 15. The van der Waals surface area contributed by atoms with Crippen LogP contribution in [0.1, 0.15) is 71.1 Å². The highest BCUT2D eigenvalue weighted by molar-refractivity contribution is 5.67. The molecule has 4 heteroatoms. The molecule has 0 heterocycles. The quantitative estimate of drug-likeness (QED) is 0.145. The number of allylic oxidation sites excluding steroid dienone is 10. The second kappa shape index (κ2) is 19.1. The molecule has 0 unspecified atom stereocenters. The van der Waals surface area contributed by atoms with Gasteiger partial charge in [0.05, 0.1) is 6.42 Å². The largest absolute Gasteiger partial charge is 0.444 e. The van der Waals surface area contributed by atoms with Crippen LogP contribution in [0.4, 0.5) is 0 Å². The number of hydrogen-bond donors (Lipinski definition) is 0. The van der Waals surface area contributed by atoms with E-state index in [-0.39, 0.29) is 6.42 Å². The van der Waals surface area contributed by atoms with Crippen molar-refractivity contribution in [3.63, 3.8) is 0 Å².